The van der Waals surface area contributed by atoms with Gasteiger partial charge in [0, 0.05) is 36.4 Å². The monoisotopic (exact) mass is 481 g/mol. The van der Waals surface area contributed by atoms with Crippen LogP contribution in [0.5, 0.6) is 0 Å². The van der Waals surface area contributed by atoms with Gasteiger partial charge in [-0.2, -0.15) is 0 Å². The number of fused-ring (bicyclic) bond motifs is 2. The second kappa shape index (κ2) is 8.14. The molecule has 2 aliphatic heterocycles. The Morgan fingerprint density at radius 3 is 2.78 bits per heavy atom. The number of hydrogen-bond acceptors (Lipinski definition) is 5. The van der Waals surface area contributed by atoms with E-state index < -0.39 is 17.5 Å². The molecule has 1 aromatic carbocycles. The summed E-state index contributed by atoms with van der Waals surface area (Å²) in [6, 6.07) is 3.32. The first-order valence-electron chi connectivity index (χ1n) is 10.4. The minimum atomic E-state index is -1.05. The van der Waals surface area contributed by atoms with Gasteiger partial charge in [0.05, 0.1) is 28.3 Å². The van der Waals surface area contributed by atoms with Crippen LogP contribution in [-0.4, -0.2) is 50.3 Å². The lowest BCUT2D eigenvalue weighted by Gasteiger charge is -2.69. The van der Waals surface area contributed by atoms with E-state index in [4.69, 9.17) is 11.6 Å². The smallest absolute Gasteiger partial charge is 0.273 e. The van der Waals surface area contributed by atoms with E-state index in [9.17, 15) is 23.8 Å². The van der Waals surface area contributed by atoms with Crippen LogP contribution in [0.15, 0.2) is 29.2 Å². The van der Waals surface area contributed by atoms with Crippen molar-refractivity contribution in [3.8, 4) is 0 Å². The van der Waals surface area contributed by atoms with Gasteiger partial charge in [0.25, 0.3) is 5.91 Å². The summed E-state index contributed by atoms with van der Waals surface area (Å²) in [7, 11) is 0. The van der Waals surface area contributed by atoms with E-state index in [-0.39, 0.29) is 47.1 Å². The van der Waals surface area contributed by atoms with Crippen molar-refractivity contribution >= 4 is 41.2 Å². The molecule has 1 saturated carbocycles. The van der Waals surface area contributed by atoms with Crippen molar-refractivity contribution in [2.24, 2.45) is 5.41 Å². The van der Waals surface area contributed by atoms with Crippen LogP contribution in [0.4, 0.5) is 14.5 Å². The zero-order chi connectivity index (χ0) is 22.6. The van der Waals surface area contributed by atoms with Crippen molar-refractivity contribution in [2.75, 3.05) is 18.5 Å². The van der Waals surface area contributed by atoms with Gasteiger partial charge in [0.15, 0.2) is 11.6 Å². The maximum Gasteiger partial charge on any atom is 0.273 e. The predicted molar refractivity (Wildman–Crippen MR) is 119 cm³/mol. The fourth-order valence-electron chi connectivity index (χ4n) is 5.24. The fraction of sp³-hybridized carbons (Fsp3) is 0.409. The number of anilines is 1. The lowest BCUT2D eigenvalue weighted by atomic mass is 9.52. The van der Waals surface area contributed by atoms with E-state index in [1.807, 2.05) is 12.2 Å². The molecular formula is C22H22ClF2N3O3S. The molecule has 3 N–H and O–H groups in total. The summed E-state index contributed by atoms with van der Waals surface area (Å²) in [6.07, 6.45) is 6.44. The molecule has 0 radical (unpaired) electrons. The number of benzene rings is 1. The number of allylic oxidation sites excluding steroid dienone is 1. The van der Waals surface area contributed by atoms with Crippen LogP contribution in [0, 0.1) is 17.0 Å². The minimum absolute atomic E-state index is 0.0174. The molecule has 2 aromatic rings. The Kier molecular flexibility index (Phi) is 5.58. The van der Waals surface area contributed by atoms with E-state index in [1.165, 1.54) is 18.0 Å². The van der Waals surface area contributed by atoms with Gasteiger partial charge in [-0.15, -0.1) is 0 Å². The normalized spacial score (nSPS) is 25.8. The topological polar surface area (TPSA) is 77.7 Å². The number of hydrogen-bond donors (Lipinski definition) is 3. The quantitative estimate of drug-likeness (QED) is 0.523. The van der Waals surface area contributed by atoms with Gasteiger partial charge < -0.3 is 20.1 Å². The number of carbonyl (C=O) groups excluding carboxylic acids is 1. The SMILES string of the molecule is O=C(Nc1ccc(F)c(F)c1)c1c(Cl)c(SN2C(CO)C3(CCO)CCC23)c2n1CC=C2. The van der Waals surface area contributed by atoms with Gasteiger partial charge in [0.1, 0.15) is 5.69 Å². The number of carbonyl (C=O) groups is 1. The summed E-state index contributed by atoms with van der Waals surface area (Å²) in [5.74, 6) is -2.56. The Balaban J connectivity index is 1.42. The molecule has 170 valence electrons. The maximum absolute atomic E-state index is 13.5. The molecule has 1 amide bonds. The third kappa shape index (κ3) is 3.13. The van der Waals surface area contributed by atoms with Gasteiger partial charge in [-0.3, -0.25) is 4.79 Å². The Labute approximate surface area is 193 Å². The van der Waals surface area contributed by atoms with Crippen molar-refractivity contribution < 1.29 is 23.8 Å². The molecule has 5 rings (SSSR count). The van der Waals surface area contributed by atoms with Crippen molar-refractivity contribution in [3.05, 3.63) is 52.3 Å². The summed E-state index contributed by atoms with van der Waals surface area (Å²) in [6.45, 7) is 0.541. The summed E-state index contributed by atoms with van der Waals surface area (Å²) in [5.41, 5.74) is 1.11. The third-order valence-electron chi connectivity index (χ3n) is 6.93. The van der Waals surface area contributed by atoms with Crippen LogP contribution in [0.2, 0.25) is 5.02 Å². The van der Waals surface area contributed by atoms with Crippen LogP contribution in [0.25, 0.3) is 6.08 Å². The van der Waals surface area contributed by atoms with Gasteiger partial charge in [0.2, 0.25) is 0 Å². The summed E-state index contributed by atoms with van der Waals surface area (Å²) in [5, 5.41) is 22.3. The molecule has 0 spiro atoms. The highest BCUT2D eigenvalue weighted by Crippen LogP contribution is 2.63. The zero-order valence-electron chi connectivity index (χ0n) is 17.0. The van der Waals surface area contributed by atoms with E-state index >= 15 is 0 Å². The summed E-state index contributed by atoms with van der Waals surface area (Å²) < 4.78 is 30.7. The number of halogens is 3. The Hall–Kier alpha value is -1.91. The van der Waals surface area contributed by atoms with Gasteiger partial charge in [-0.05, 0) is 49.4 Å². The van der Waals surface area contributed by atoms with Gasteiger partial charge in [-0.1, -0.05) is 17.7 Å². The molecule has 3 unspecified atom stereocenters. The molecule has 2 fully saturated rings. The summed E-state index contributed by atoms with van der Waals surface area (Å²) >= 11 is 8.11. The molecule has 1 aliphatic carbocycles. The number of piperidine rings is 1. The highest BCUT2D eigenvalue weighted by Gasteiger charge is 2.65. The molecule has 6 nitrogen and oxygen atoms in total. The van der Waals surface area contributed by atoms with Crippen LogP contribution in [-0.2, 0) is 6.54 Å². The number of aromatic nitrogens is 1. The highest BCUT2D eigenvalue weighted by atomic mass is 35.5. The van der Waals surface area contributed by atoms with Crippen molar-refractivity contribution in [3.63, 3.8) is 0 Å². The van der Waals surface area contributed by atoms with Crippen LogP contribution >= 0.6 is 23.5 Å². The molecule has 3 aliphatic rings. The Morgan fingerprint density at radius 1 is 1.31 bits per heavy atom. The molecule has 32 heavy (non-hydrogen) atoms. The molecular weight excluding hydrogens is 460 g/mol. The standard InChI is InChI=1S/C22H22ClF2N3O3S/c23-18-19(21(31)26-12-3-4-13(24)14(25)10-12)27-8-1-2-15(27)20(18)32-28-16-5-6-22(16,7-9-29)17(28)11-30/h1-4,10,16-17,29-30H,5-9,11H2,(H,26,31). The Morgan fingerprint density at radius 2 is 2.12 bits per heavy atom. The summed E-state index contributed by atoms with van der Waals surface area (Å²) in [4.78, 5) is 13.7. The van der Waals surface area contributed by atoms with Gasteiger partial charge in [-0.25, -0.2) is 13.1 Å². The second-order valence-corrected chi connectivity index (χ2v) is 9.77. The number of nitrogens with zero attached hydrogens (tertiary/aromatic N) is 2. The zero-order valence-corrected chi connectivity index (χ0v) is 18.6. The van der Waals surface area contributed by atoms with Crippen LogP contribution < -0.4 is 5.32 Å². The molecule has 10 heteroatoms. The molecule has 1 saturated heterocycles. The first-order chi connectivity index (χ1) is 15.4. The molecule has 3 atom stereocenters. The average Bonchev–Trinajstić information content (AvgIpc) is 3.31. The van der Waals surface area contributed by atoms with Crippen LogP contribution in [0.1, 0.15) is 35.4 Å². The van der Waals surface area contributed by atoms with E-state index in [1.54, 1.807) is 4.57 Å². The van der Waals surface area contributed by atoms with E-state index in [2.05, 4.69) is 9.62 Å². The van der Waals surface area contributed by atoms with Crippen molar-refractivity contribution in [1.29, 1.82) is 0 Å². The highest BCUT2D eigenvalue weighted by molar-refractivity contribution is 7.97. The Bertz CT molecular complexity index is 1120. The number of aliphatic hydroxyl groups excluding tert-OH is 2. The lowest BCUT2D eigenvalue weighted by Crippen LogP contribution is -2.75. The van der Waals surface area contributed by atoms with Crippen molar-refractivity contribution in [1.82, 2.24) is 8.87 Å². The van der Waals surface area contributed by atoms with Crippen molar-refractivity contribution in [2.45, 2.75) is 42.8 Å². The first-order valence-corrected chi connectivity index (χ1v) is 11.6. The third-order valence-corrected chi connectivity index (χ3v) is 8.72. The first kappa shape index (κ1) is 21.9. The number of amides is 1. The molecule has 1 aromatic heterocycles. The predicted octanol–water partition coefficient (Wildman–Crippen LogP) is 3.91. The van der Waals surface area contributed by atoms with Gasteiger partial charge >= 0.3 is 0 Å². The van der Waals surface area contributed by atoms with E-state index in [0.717, 1.165) is 35.6 Å². The maximum atomic E-state index is 13.5. The van der Waals surface area contributed by atoms with E-state index in [0.29, 0.717) is 13.0 Å². The average molecular weight is 482 g/mol. The fourth-order valence-corrected chi connectivity index (χ4v) is 7.14. The second-order valence-electron chi connectivity index (χ2n) is 8.38. The minimum Gasteiger partial charge on any atom is -0.396 e. The number of nitrogens with one attached hydrogen (secondary N) is 1. The number of rotatable bonds is 7. The van der Waals surface area contributed by atoms with Crippen LogP contribution in [0.3, 0.4) is 0 Å². The largest absolute Gasteiger partial charge is 0.396 e. The molecule has 3 heterocycles. The molecule has 0 bridgehead atoms. The number of aliphatic hydroxyl groups is 2. The lowest BCUT2D eigenvalue weighted by molar-refractivity contribution is -0.174.